The molecule has 7 nitrogen and oxygen atoms in total. The number of carbonyl (C=O) groups is 1. The van der Waals surface area contributed by atoms with Gasteiger partial charge in [-0.1, -0.05) is 44.5 Å². The van der Waals surface area contributed by atoms with Gasteiger partial charge < -0.3 is 14.4 Å². The van der Waals surface area contributed by atoms with Crippen LogP contribution in [0.5, 0.6) is 0 Å². The highest BCUT2D eigenvalue weighted by atomic mass is 35.5. The van der Waals surface area contributed by atoms with Crippen LogP contribution in [0.15, 0.2) is 28.8 Å². The van der Waals surface area contributed by atoms with E-state index in [1.54, 1.807) is 6.07 Å². The van der Waals surface area contributed by atoms with Crippen molar-refractivity contribution in [3.63, 3.8) is 0 Å². The molecule has 1 atom stereocenters. The Morgan fingerprint density at radius 1 is 1.17 bits per heavy atom. The van der Waals surface area contributed by atoms with Crippen molar-refractivity contribution < 1.29 is 9.32 Å². The molecule has 0 unspecified atom stereocenters. The normalized spacial score (nSPS) is 14.6. The first-order valence-corrected chi connectivity index (χ1v) is 13.1. The predicted octanol–water partition coefficient (Wildman–Crippen LogP) is 6.98. The molecule has 1 aliphatic rings. The zero-order valence-corrected chi connectivity index (χ0v) is 22.1. The molecule has 2 aromatic heterocycles. The van der Waals surface area contributed by atoms with E-state index in [2.05, 4.69) is 52.9 Å². The van der Waals surface area contributed by atoms with Crippen molar-refractivity contribution in [1.82, 2.24) is 19.9 Å². The maximum Gasteiger partial charge on any atom is 0.225 e. The molecule has 3 aromatic rings. The summed E-state index contributed by atoms with van der Waals surface area (Å²) >= 11 is 6.07. The van der Waals surface area contributed by atoms with Crippen molar-refractivity contribution in [3.05, 3.63) is 46.4 Å². The molecule has 2 heterocycles. The molecule has 8 heteroatoms. The lowest BCUT2D eigenvalue weighted by Crippen LogP contribution is -2.20. The summed E-state index contributed by atoms with van der Waals surface area (Å²) in [7, 11) is 0. The van der Waals surface area contributed by atoms with Crippen LogP contribution in [0.2, 0.25) is 5.02 Å². The number of benzene rings is 1. The number of carbonyl (C=O) groups excluding carboxylic acids is 1. The van der Waals surface area contributed by atoms with Crippen molar-refractivity contribution in [2.75, 3.05) is 5.32 Å². The van der Waals surface area contributed by atoms with Gasteiger partial charge in [0.15, 0.2) is 11.5 Å². The Kier molecular flexibility index (Phi) is 7.95. The van der Waals surface area contributed by atoms with Gasteiger partial charge in [0.2, 0.25) is 5.91 Å². The maximum absolute atomic E-state index is 13.1. The molecule has 0 radical (unpaired) electrons. The van der Waals surface area contributed by atoms with E-state index in [9.17, 15) is 4.79 Å². The molecular formula is C27H36ClN5O2. The molecule has 1 saturated carbocycles. The molecular weight excluding hydrogens is 462 g/mol. The smallest absolute Gasteiger partial charge is 0.225 e. The van der Waals surface area contributed by atoms with Crippen LogP contribution < -0.4 is 5.32 Å². The standard InChI is InChI=1S/C27H36ClN5O2/c1-16(2)6-10-22-15-24(32-35-22)27-31-30-26(33(27)21-8-9-21)19(12-17(3)4)14-25(34)29-23-11-7-20(28)13-18(23)5/h7,11,13,15-17,19,21H,6,8-10,12,14H2,1-5H3,(H,29,34)/t19-/m0/s1. The molecule has 0 saturated heterocycles. The number of anilines is 1. The SMILES string of the molecule is Cc1cc(Cl)ccc1NC(=O)C[C@H](CC(C)C)c1nnc(-c2cc(CCC(C)C)on2)n1C1CC1. The monoisotopic (exact) mass is 497 g/mol. The third-order valence-electron chi connectivity index (χ3n) is 6.41. The van der Waals surface area contributed by atoms with Gasteiger partial charge in [-0.25, -0.2) is 0 Å². The minimum Gasteiger partial charge on any atom is -0.361 e. The van der Waals surface area contributed by atoms with Crippen molar-refractivity contribution in [2.24, 2.45) is 11.8 Å². The van der Waals surface area contributed by atoms with E-state index in [1.165, 1.54) is 0 Å². The zero-order chi connectivity index (χ0) is 25.1. The molecule has 1 aromatic carbocycles. The average Bonchev–Trinajstić information content (AvgIpc) is 3.34. The van der Waals surface area contributed by atoms with Crippen molar-refractivity contribution in [2.45, 2.75) is 85.1 Å². The Morgan fingerprint density at radius 2 is 1.94 bits per heavy atom. The van der Waals surface area contributed by atoms with Crippen LogP contribution in [0, 0.1) is 18.8 Å². The summed E-state index contributed by atoms with van der Waals surface area (Å²) in [5, 5.41) is 17.2. The Bertz CT molecular complexity index is 1160. The second kappa shape index (κ2) is 10.9. The number of amides is 1. The first-order chi connectivity index (χ1) is 16.7. The summed E-state index contributed by atoms with van der Waals surface area (Å²) in [4.78, 5) is 13.1. The fraction of sp³-hybridized carbons (Fsp3) is 0.556. The number of aryl methyl sites for hydroxylation is 2. The second-order valence-corrected chi connectivity index (χ2v) is 11.1. The van der Waals surface area contributed by atoms with E-state index in [4.69, 9.17) is 16.1 Å². The zero-order valence-electron chi connectivity index (χ0n) is 21.3. The lowest BCUT2D eigenvalue weighted by atomic mass is 9.92. The molecule has 0 spiro atoms. The number of nitrogens with zero attached hydrogens (tertiary/aromatic N) is 4. The number of hydrogen-bond acceptors (Lipinski definition) is 5. The molecule has 35 heavy (non-hydrogen) atoms. The van der Waals surface area contributed by atoms with Crippen LogP contribution in [0.25, 0.3) is 11.5 Å². The van der Waals surface area contributed by atoms with Crippen molar-refractivity contribution in [3.8, 4) is 11.5 Å². The Balaban J connectivity index is 1.57. The fourth-order valence-electron chi connectivity index (χ4n) is 4.46. The van der Waals surface area contributed by atoms with Crippen LogP contribution in [-0.4, -0.2) is 25.8 Å². The van der Waals surface area contributed by atoms with E-state index in [1.807, 2.05) is 25.1 Å². The molecule has 1 fully saturated rings. The quantitative estimate of drug-likeness (QED) is 0.309. The summed E-state index contributed by atoms with van der Waals surface area (Å²) < 4.78 is 7.81. The van der Waals surface area contributed by atoms with Crippen molar-refractivity contribution >= 4 is 23.2 Å². The van der Waals surface area contributed by atoms with Gasteiger partial charge in [-0.15, -0.1) is 10.2 Å². The van der Waals surface area contributed by atoms with Crippen LogP contribution >= 0.6 is 11.6 Å². The lowest BCUT2D eigenvalue weighted by Gasteiger charge is -2.20. The first-order valence-electron chi connectivity index (χ1n) is 12.7. The minimum absolute atomic E-state index is 0.0367. The highest BCUT2D eigenvalue weighted by molar-refractivity contribution is 6.30. The summed E-state index contributed by atoms with van der Waals surface area (Å²) in [5.41, 5.74) is 2.44. The largest absolute Gasteiger partial charge is 0.361 e. The van der Waals surface area contributed by atoms with Gasteiger partial charge in [-0.3, -0.25) is 4.79 Å². The van der Waals surface area contributed by atoms with E-state index in [0.29, 0.717) is 29.3 Å². The maximum atomic E-state index is 13.1. The van der Waals surface area contributed by atoms with Gasteiger partial charge in [0.1, 0.15) is 11.6 Å². The van der Waals surface area contributed by atoms with Gasteiger partial charge in [-0.2, -0.15) is 0 Å². The highest BCUT2D eigenvalue weighted by Crippen LogP contribution is 2.42. The van der Waals surface area contributed by atoms with Crippen LogP contribution in [0.4, 0.5) is 5.69 Å². The van der Waals surface area contributed by atoms with Gasteiger partial charge in [-0.05, 0) is 68.2 Å². The number of nitrogens with one attached hydrogen (secondary N) is 1. The molecule has 188 valence electrons. The van der Waals surface area contributed by atoms with E-state index in [0.717, 1.165) is 66.5 Å². The molecule has 4 rings (SSSR count). The molecule has 1 amide bonds. The van der Waals surface area contributed by atoms with Gasteiger partial charge >= 0.3 is 0 Å². The van der Waals surface area contributed by atoms with Gasteiger partial charge in [0, 0.05) is 41.6 Å². The Morgan fingerprint density at radius 3 is 2.60 bits per heavy atom. The summed E-state index contributed by atoms with van der Waals surface area (Å²) in [5.74, 6) is 3.41. The van der Waals surface area contributed by atoms with Crippen LogP contribution in [0.1, 0.15) is 88.9 Å². The number of halogens is 1. The topological polar surface area (TPSA) is 85.8 Å². The number of hydrogen-bond donors (Lipinski definition) is 1. The molecule has 1 aliphatic carbocycles. The third kappa shape index (κ3) is 6.51. The number of rotatable bonds is 11. The summed E-state index contributed by atoms with van der Waals surface area (Å²) in [6.07, 6.45) is 5.25. The number of aromatic nitrogens is 4. The lowest BCUT2D eigenvalue weighted by molar-refractivity contribution is -0.116. The third-order valence-corrected chi connectivity index (χ3v) is 6.64. The molecule has 0 bridgehead atoms. The van der Waals surface area contributed by atoms with Crippen molar-refractivity contribution in [1.29, 1.82) is 0 Å². The van der Waals surface area contributed by atoms with Crippen LogP contribution in [0.3, 0.4) is 0 Å². The molecule has 0 aliphatic heterocycles. The average molecular weight is 498 g/mol. The van der Waals surface area contributed by atoms with Gasteiger partial charge in [0.25, 0.3) is 0 Å². The fourth-order valence-corrected chi connectivity index (χ4v) is 4.68. The van der Waals surface area contributed by atoms with E-state index in [-0.39, 0.29) is 11.8 Å². The predicted molar refractivity (Wildman–Crippen MR) is 139 cm³/mol. The van der Waals surface area contributed by atoms with E-state index < -0.39 is 0 Å². The second-order valence-electron chi connectivity index (χ2n) is 10.6. The first kappa shape index (κ1) is 25.4. The van der Waals surface area contributed by atoms with E-state index >= 15 is 0 Å². The Labute approximate surface area is 212 Å². The minimum atomic E-state index is -0.0447. The van der Waals surface area contributed by atoms with Gasteiger partial charge in [0.05, 0.1) is 0 Å². The summed E-state index contributed by atoms with van der Waals surface area (Å²) in [6.45, 7) is 10.7. The molecule has 1 N–H and O–H groups in total. The Hall–Kier alpha value is -2.67. The summed E-state index contributed by atoms with van der Waals surface area (Å²) in [6, 6.07) is 7.83. The highest BCUT2D eigenvalue weighted by Gasteiger charge is 2.34. The van der Waals surface area contributed by atoms with Crippen LogP contribution in [-0.2, 0) is 11.2 Å².